The fraction of sp³-hybridized carbons (Fsp3) is 0.889. The van der Waals surface area contributed by atoms with Gasteiger partial charge in [0.25, 0.3) is 0 Å². The summed E-state index contributed by atoms with van der Waals surface area (Å²) in [6, 6.07) is 0. The molecule has 0 heterocycles. The van der Waals surface area contributed by atoms with Gasteiger partial charge in [0, 0.05) is 16.0 Å². The van der Waals surface area contributed by atoms with Crippen LogP contribution in [0, 0.1) is 46.3 Å². The predicted octanol–water partition coefficient (Wildman–Crippen LogP) is 7.60. The summed E-state index contributed by atoms with van der Waals surface area (Å²) in [5, 5.41) is 0. The third-order valence-electron chi connectivity index (χ3n) is 9.81. The Morgan fingerprint density at radius 3 is 2.71 bits per heavy atom. The number of hydrogen-bond acceptors (Lipinski definition) is 1. The van der Waals surface area contributed by atoms with Gasteiger partial charge in [-0.15, -0.1) is 0 Å². The van der Waals surface area contributed by atoms with Crippen LogP contribution in [0.1, 0.15) is 115 Å². The topological polar surface area (TPSA) is 17.1 Å². The molecule has 4 rings (SSSR count). The molecule has 0 amide bonds. The van der Waals surface area contributed by atoms with Gasteiger partial charge in [0.1, 0.15) is 0 Å². The van der Waals surface area contributed by atoms with Crippen molar-refractivity contribution in [2.45, 2.75) is 105 Å². The van der Waals surface area contributed by atoms with Gasteiger partial charge in [0.15, 0.2) is 5.78 Å². The quantitative estimate of drug-likeness (QED) is 0.471. The molecule has 0 aromatic carbocycles. The summed E-state index contributed by atoms with van der Waals surface area (Å²) in [5.74, 6) is 0.945. The number of allylic oxidation sites excluding steroid dienone is 1. The minimum Gasteiger partial charge on any atom is -0.295 e. The van der Waals surface area contributed by atoms with Crippen LogP contribution in [0.25, 0.3) is 0 Å². The Hall–Kier alpha value is -0.590. The maximum atomic E-state index is 12.1. The first-order valence-corrected chi connectivity index (χ1v) is 11.8. The highest BCUT2D eigenvalue weighted by Crippen LogP contribution is 2.67. The summed E-state index contributed by atoms with van der Waals surface area (Å²) in [7, 11) is 0. The number of carbonyl (C=O) groups is 1. The number of carbonyl (C=O) groups excluding carboxylic acids is 1. The largest absolute Gasteiger partial charge is 0.295 e. The first-order chi connectivity index (χ1) is 16.0. The summed E-state index contributed by atoms with van der Waals surface area (Å²) in [6.07, 6.45) is 11.9. The monoisotopic (exact) mass is 391 g/mol. The molecule has 0 aromatic rings. The van der Waals surface area contributed by atoms with Gasteiger partial charge in [-0.2, -0.15) is 0 Å². The molecule has 0 saturated heterocycles. The van der Waals surface area contributed by atoms with E-state index in [1.54, 1.807) is 0 Å². The van der Waals surface area contributed by atoms with Crippen LogP contribution >= 0.6 is 0 Å². The molecule has 3 saturated carbocycles. The Bertz CT molecular complexity index is 845. The van der Waals surface area contributed by atoms with Crippen molar-refractivity contribution in [3.8, 4) is 0 Å². The highest BCUT2D eigenvalue weighted by Gasteiger charge is 2.59. The van der Waals surface area contributed by atoms with Crippen LogP contribution in [0.15, 0.2) is 11.6 Å². The van der Waals surface area contributed by atoms with Gasteiger partial charge in [-0.3, -0.25) is 4.79 Å². The minimum absolute atomic E-state index is 0.117. The third-order valence-corrected chi connectivity index (χ3v) is 9.81. The van der Waals surface area contributed by atoms with Crippen LogP contribution in [-0.2, 0) is 4.79 Å². The molecule has 1 heteroatoms. The van der Waals surface area contributed by atoms with E-state index in [1.807, 2.05) is 6.08 Å². The Labute approximate surface area is 184 Å². The Morgan fingerprint density at radius 2 is 1.93 bits per heavy atom. The molecular formula is C27H44O. The minimum atomic E-state index is -2.82. The van der Waals surface area contributed by atoms with Gasteiger partial charge in [-0.05, 0) is 97.3 Å². The molecule has 1 nitrogen and oxygen atoms in total. The molecule has 0 bridgehead atoms. The van der Waals surface area contributed by atoms with E-state index in [0.29, 0.717) is 48.2 Å². The summed E-state index contributed by atoms with van der Waals surface area (Å²) in [4.78, 5) is 12.1. The fourth-order valence-electron chi connectivity index (χ4n) is 8.34. The highest BCUT2D eigenvalue weighted by molar-refractivity contribution is 5.91. The molecule has 7 atom stereocenters. The van der Waals surface area contributed by atoms with E-state index < -0.39 is 19.6 Å². The molecule has 0 unspecified atom stereocenters. The van der Waals surface area contributed by atoms with E-state index in [9.17, 15) is 4.79 Å². The molecule has 0 aliphatic heterocycles. The van der Waals surface area contributed by atoms with Crippen molar-refractivity contribution in [2.24, 2.45) is 46.3 Å². The van der Waals surface area contributed by atoms with Crippen molar-refractivity contribution < 1.29 is 14.4 Å². The maximum Gasteiger partial charge on any atom is 0.155 e. The van der Waals surface area contributed by atoms with Gasteiger partial charge in [-0.1, -0.05) is 59.3 Å². The zero-order valence-corrected chi connectivity index (χ0v) is 18.2. The van der Waals surface area contributed by atoms with E-state index in [0.717, 1.165) is 19.3 Å². The van der Waals surface area contributed by atoms with Crippen molar-refractivity contribution in [3.05, 3.63) is 11.6 Å². The lowest BCUT2D eigenvalue weighted by Gasteiger charge is -2.58. The van der Waals surface area contributed by atoms with Crippen LogP contribution in [0.2, 0.25) is 0 Å². The van der Waals surface area contributed by atoms with Crippen molar-refractivity contribution >= 4 is 5.78 Å². The Kier molecular flexibility index (Phi) is 3.70. The van der Waals surface area contributed by atoms with E-state index in [4.69, 9.17) is 9.60 Å². The summed E-state index contributed by atoms with van der Waals surface area (Å²) in [5.41, 5.74) is 1.86. The Balaban J connectivity index is 1.44. The fourth-order valence-corrected chi connectivity index (χ4v) is 8.34. The first-order valence-electron chi connectivity index (χ1n) is 15.3. The molecule has 4 aliphatic rings. The van der Waals surface area contributed by atoms with Crippen LogP contribution in [0.3, 0.4) is 0 Å². The van der Waals surface area contributed by atoms with Gasteiger partial charge in [0.05, 0.1) is 0 Å². The smallest absolute Gasteiger partial charge is 0.155 e. The van der Waals surface area contributed by atoms with Crippen molar-refractivity contribution in [1.29, 1.82) is 0 Å². The number of ketones is 1. The standard InChI is InChI=1S/C27H44O/c1-18(2)7-6-8-19(3)23-11-12-24-22-10-9-20-17-21(28)13-15-26(20,4)25(22)14-16-27(23,24)5/h17-19,22-25H,6-16H2,1-5H3/t19-,22+,23-,24+,25+,26+,27-/m1/s1/i1D3,2D3,18D. The second-order valence-corrected chi connectivity index (χ2v) is 11.0. The average molecular weight is 392 g/mol. The Morgan fingerprint density at radius 1 is 1.11 bits per heavy atom. The normalized spacial score (nSPS) is 48.9. The lowest BCUT2D eigenvalue weighted by Crippen LogP contribution is -2.50. The van der Waals surface area contributed by atoms with E-state index in [2.05, 4.69) is 20.8 Å². The molecule has 28 heavy (non-hydrogen) atoms. The molecule has 3 fully saturated rings. The van der Waals surface area contributed by atoms with E-state index >= 15 is 0 Å². The second kappa shape index (κ2) is 7.59. The zero-order valence-electron chi connectivity index (χ0n) is 25.2. The van der Waals surface area contributed by atoms with E-state index in [-0.39, 0.29) is 17.3 Å². The number of rotatable bonds is 5. The lowest BCUT2D eigenvalue weighted by molar-refractivity contribution is -0.117. The van der Waals surface area contributed by atoms with Crippen molar-refractivity contribution in [3.63, 3.8) is 0 Å². The first kappa shape index (κ1) is 13.7. The van der Waals surface area contributed by atoms with Gasteiger partial charge in [0.2, 0.25) is 0 Å². The van der Waals surface area contributed by atoms with Crippen LogP contribution in [0.5, 0.6) is 0 Å². The van der Waals surface area contributed by atoms with Gasteiger partial charge in [-0.25, -0.2) is 0 Å². The summed E-state index contributed by atoms with van der Waals surface area (Å²) >= 11 is 0. The SMILES string of the molecule is [2H]C([2H])([2H])C([2H])(CCC[C@@H](C)[C@H]1CC[C@H]2[C@@H]3CCC4=CC(=O)CC[C@]4(C)[C@H]3CC[C@]12C)C([2H])([2H])[2H]. The molecule has 0 radical (unpaired) electrons. The molecule has 0 spiro atoms. The average Bonchev–Trinajstić information content (AvgIpc) is 3.09. The van der Waals surface area contributed by atoms with E-state index in [1.165, 1.54) is 37.7 Å². The van der Waals surface area contributed by atoms with Crippen molar-refractivity contribution in [1.82, 2.24) is 0 Å². The second-order valence-electron chi connectivity index (χ2n) is 11.0. The summed E-state index contributed by atoms with van der Waals surface area (Å²) < 4.78 is 54.4. The van der Waals surface area contributed by atoms with Crippen LogP contribution in [0.4, 0.5) is 0 Å². The van der Waals surface area contributed by atoms with Crippen molar-refractivity contribution in [2.75, 3.05) is 0 Å². The summed E-state index contributed by atoms with van der Waals surface area (Å²) in [6.45, 7) is 1.52. The highest BCUT2D eigenvalue weighted by atomic mass is 16.1. The van der Waals surface area contributed by atoms with Crippen LogP contribution < -0.4 is 0 Å². The number of fused-ring (bicyclic) bond motifs is 5. The van der Waals surface area contributed by atoms with Crippen LogP contribution in [-0.4, -0.2) is 5.78 Å². The third kappa shape index (κ3) is 3.33. The molecule has 0 aromatic heterocycles. The molecule has 4 aliphatic carbocycles. The molecular weight excluding hydrogens is 340 g/mol. The zero-order chi connectivity index (χ0) is 26.0. The lowest BCUT2D eigenvalue weighted by atomic mass is 9.46. The number of hydrogen-bond donors (Lipinski definition) is 0. The maximum absolute atomic E-state index is 12.1. The molecule has 158 valence electrons. The predicted molar refractivity (Wildman–Crippen MR) is 118 cm³/mol. The van der Waals surface area contributed by atoms with Gasteiger partial charge >= 0.3 is 0 Å². The van der Waals surface area contributed by atoms with Gasteiger partial charge < -0.3 is 0 Å². The molecule has 0 N–H and O–H groups in total.